The SMILES string of the molecule is COc1cccc2c1c(NS(=O)(=O)c1ccc(Cl)s1)nn2Cc1cccc(CNC(=O)[C@H]2CC(F)(F)CN2C(=O)O)c1. The van der Waals surface area contributed by atoms with Crippen LogP contribution in [-0.4, -0.2) is 65.8 Å². The lowest BCUT2D eigenvalue weighted by molar-refractivity contribution is -0.125. The fourth-order valence-electron chi connectivity index (χ4n) is 4.75. The average Bonchev–Trinajstić information content (AvgIpc) is 3.63. The zero-order chi connectivity index (χ0) is 30.2. The standard InChI is InChI=1S/C26H24ClF2N5O6S2/c1-40-19-7-3-6-17-22(19)23(32-42(38,39)21-9-8-20(27)41-21)31-34(17)13-16-5-2-4-15(10-16)12-30-24(35)18-11-26(28,29)14-33(18)25(36)37/h2-10,18H,11-14H2,1H3,(H,30,35)(H,31,32)(H,36,37)/t18-/m1/s1. The van der Waals surface area contributed by atoms with Crippen LogP contribution in [0.3, 0.4) is 0 Å². The van der Waals surface area contributed by atoms with Crippen molar-refractivity contribution in [1.29, 1.82) is 0 Å². The molecule has 3 heterocycles. The molecule has 0 aliphatic carbocycles. The second-order valence-electron chi connectivity index (χ2n) is 9.55. The number of nitrogens with one attached hydrogen (secondary N) is 2. The summed E-state index contributed by atoms with van der Waals surface area (Å²) in [5.41, 5.74) is 1.97. The fraction of sp³-hybridized carbons (Fsp3) is 0.269. The van der Waals surface area contributed by atoms with Gasteiger partial charge in [0.2, 0.25) is 5.91 Å². The number of carboxylic acid groups (broad SMARTS) is 1. The number of thiophene rings is 1. The number of likely N-dealkylation sites (tertiary alicyclic amines) is 1. The number of carbonyl (C=O) groups is 2. The first-order valence-electron chi connectivity index (χ1n) is 12.4. The molecule has 11 nitrogen and oxygen atoms in total. The second-order valence-corrected chi connectivity index (χ2v) is 13.2. The van der Waals surface area contributed by atoms with Gasteiger partial charge in [-0.15, -0.1) is 11.3 Å². The summed E-state index contributed by atoms with van der Waals surface area (Å²) in [4.78, 5) is 24.4. The van der Waals surface area contributed by atoms with Crippen molar-refractivity contribution in [1.82, 2.24) is 20.0 Å². The molecule has 2 aromatic carbocycles. The number of carbonyl (C=O) groups excluding carboxylic acids is 1. The number of methoxy groups -OCH3 is 1. The Morgan fingerprint density at radius 1 is 1.19 bits per heavy atom. The number of sulfonamides is 1. The van der Waals surface area contributed by atoms with Gasteiger partial charge in [-0.05, 0) is 35.4 Å². The third-order valence-electron chi connectivity index (χ3n) is 6.61. The quantitative estimate of drug-likeness (QED) is 0.243. The van der Waals surface area contributed by atoms with E-state index in [9.17, 15) is 31.9 Å². The molecule has 0 radical (unpaired) electrons. The normalized spacial score (nSPS) is 16.5. The Morgan fingerprint density at radius 2 is 1.93 bits per heavy atom. The lowest BCUT2D eigenvalue weighted by atomic mass is 10.1. The maximum absolute atomic E-state index is 13.8. The van der Waals surface area contributed by atoms with Crippen LogP contribution in [0.4, 0.5) is 19.4 Å². The predicted molar refractivity (Wildman–Crippen MR) is 152 cm³/mol. The summed E-state index contributed by atoms with van der Waals surface area (Å²) in [5.74, 6) is -3.62. The smallest absolute Gasteiger partial charge is 0.408 e. The van der Waals surface area contributed by atoms with Gasteiger partial charge in [-0.25, -0.2) is 22.0 Å². The van der Waals surface area contributed by atoms with E-state index >= 15 is 0 Å². The highest BCUT2D eigenvalue weighted by Gasteiger charge is 2.50. The predicted octanol–water partition coefficient (Wildman–Crippen LogP) is 4.61. The molecule has 5 rings (SSSR count). The molecule has 0 unspecified atom stereocenters. The van der Waals surface area contributed by atoms with Crippen molar-refractivity contribution >= 4 is 61.7 Å². The minimum Gasteiger partial charge on any atom is -0.496 e. The first kappa shape index (κ1) is 29.5. The van der Waals surface area contributed by atoms with Gasteiger partial charge in [0.15, 0.2) is 5.82 Å². The zero-order valence-electron chi connectivity index (χ0n) is 21.9. The Hall–Kier alpha value is -3.95. The summed E-state index contributed by atoms with van der Waals surface area (Å²) in [5, 5.41) is 16.7. The van der Waals surface area contributed by atoms with E-state index in [-0.39, 0.29) is 23.1 Å². The molecule has 42 heavy (non-hydrogen) atoms. The monoisotopic (exact) mass is 639 g/mol. The number of hydrogen-bond acceptors (Lipinski definition) is 7. The molecule has 0 bridgehead atoms. The lowest BCUT2D eigenvalue weighted by Gasteiger charge is -2.19. The topological polar surface area (TPSA) is 143 Å². The van der Waals surface area contributed by atoms with E-state index in [1.54, 1.807) is 47.1 Å². The first-order chi connectivity index (χ1) is 19.9. The van der Waals surface area contributed by atoms with E-state index in [2.05, 4.69) is 15.1 Å². The molecule has 1 aliphatic heterocycles. The van der Waals surface area contributed by atoms with E-state index in [1.165, 1.54) is 19.2 Å². The Kier molecular flexibility index (Phi) is 8.00. The maximum Gasteiger partial charge on any atom is 0.408 e. The van der Waals surface area contributed by atoms with Crippen LogP contribution in [0.2, 0.25) is 4.34 Å². The number of rotatable bonds is 9. The van der Waals surface area contributed by atoms with Crippen molar-refractivity contribution in [3.8, 4) is 5.75 Å². The van der Waals surface area contributed by atoms with Crippen LogP contribution in [0.1, 0.15) is 17.5 Å². The summed E-state index contributed by atoms with van der Waals surface area (Å²) in [6.07, 6.45) is -2.47. The van der Waals surface area contributed by atoms with E-state index < -0.39 is 47.0 Å². The number of anilines is 1. The Labute approximate surface area is 247 Å². The van der Waals surface area contributed by atoms with E-state index in [4.69, 9.17) is 16.3 Å². The van der Waals surface area contributed by atoms with Crippen LogP contribution in [0.5, 0.6) is 5.75 Å². The van der Waals surface area contributed by atoms with Gasteiger partial charge in [0.05, 0.1) is 35.4 Å². The minimum atomic E-state index is -3.99. The summed E-state index contributed by atoms with van der Waals surface area (Å²) in [7, 11) is -2.53. The first-order valence-corrected chi connectivity index (χ1v) is 15.1. The van der Waals surface area contributed by atoms with Gasteiger partial charge >= 0.3 is 6.09 Å². The third-order valence-corrected chi connectivity index (χ3v) is 9.67. The molecule has 222 valence electrons. The Morgan fingerprint density at radius 3 is 2.62 bits per heavy atom. The lowest BCUT2D eigenvalue weighted by Crippen LogP contribution is -2.45. The summed E-state index contributed by atoms with van der Waals surface area (Å²) in [6.45, 7) is -0.846. The molecule has 2 aromatic heterocycles. The highest BCUT2D eigenvalue weighted by atomic mass is 35.5. The van der Waals surface area contributed by atoms with E-state index in [0.29, 0.717) is 31.5 Å². The highest BCUT2D eigenvalue weighted by Crippen LogP contribution is 2.35. The molecule has 0 spiro atoms. The van der Waals surface area contributed by atoms with Gasteiger partial charge in [0.25, 0.3) is 15.9 Å². The molecule has 16 heteroatoms. The number of ether oxygens (including phenoxy) is 1. The molecule has 3 N–H and O–H groups in total. The van der Waals surface area contributed by atoms with Crippen LogP contribution >= 0.6 is 22.9 Å². The van der Waals surface area contributed by atoms with Gasteiger partial charge in [-0.1, -0.05) is 41.9 Å². The molecule has 4 aromatic rings. The fourth-order valence-corrected chi connectivity index (χ4v) is 7.24. The van der Waals surface area contributed by atoms with Crippen LogP contribution < -0.4 is 14.8 Å². The highest BCUT2D eigenvalue weighted by molar-refractivity contribution is 7.94. The van der Waals surface area contributed by atoms with Crippen LogP contribution in [0, 0.1) is 0 Å². The zero-order valence-corrected chi connectivity index (χ0v) is 24.3. The number of aromatic nitrogens is 2. The second kappa shape index (κ2) is 11.4. The molecule has 1 saturated heterocycles. The Bertz CT molecular complexity index is 1780. The van der Waals surface area contributed by atoms with Crippen molar-refractivity contribution in [3.63, 3.8) is 0 Å². The van der Waals surface area contributed by atoms with E-state index in [1.807, 2.05) is 0 Å². The number of fused-ring (bicyclic) bond motifs is 1. The molecule has 1 aliphatic rings. The number of halogens is 3. The van der Waals surface area contributed by atoms with Crippen molar-refractivity contribution in [2.24, 2.45) is 0 Å². The molecule has 0 saturated carbocycles. The molecular formula is C26H24ClF2N5O6S2. The number of hydrogen-bond donors (Lipinski definition) is 3. The maximum atomic E-state index is 13.8. The van der Waals surface area contributed by atoms with Gasteiger partial charge in [0.1, 0.15) is 16.0 Å². The molecule has 1 atom stereocenters. The third kappa shape index (κ3) is 6.12. The van der Waals surface area contributed by atoms with Crippen molar-refractivity contribution in [2.45, 2.75) is 35.7 Å². The Balaban J connectivity index is 1.37. The van der Waals surface area contributed by atoms with Crippen molar-refractivity contribution in [3.05, 3.63) is 70.1 Å². The summed E-state index contributed by atoms with van der Waals surface area (Å²) in [6, 6.07) is 13.6. The van der Waals surface area contributed by atoms with Gasteiger partial charge in [-0.3, -0.25) is 19.1 Å². The van der Waals surface area contributed by atoms with E-state index in [0.717, 1.165) is 16.9 Å². The van der Waals surface area contributed by atoms with Crippen molar-refractivity contribution < 1.29 is 36.6 Å². The molecule has 2 amide bonds. The van der Waals surface area contributed by atoms with Crippen LogP contribution in [0.15, 0.2) is 58.8 Å². The number of alkyl halides is 2. The summed E-state index contributed by atoms with van der Waals surface area (Å²) < 4.78 is 63.6. The number of amides is 2. The van der Waals surface area contributed by atoms with Crippen molar-refractivity contribution in [2.75, 3.05) is 18.4 Å². The van der Waals surface area contributed by atoms with Gasteiger partial charge in [0, 0.05) is 13.0 Å². The largest absolute Gasteiger partial charge is 0.496 e. The number of nitrogens with zero attached hydrogens (tertiary/aromatic N) is 3. The molecule has 1 fully saturated rings. The van der Waals surface area contributed by atoms with Gasteiger partial charge < -0.3 is 15.2 Å². The van der Waals surface area contributed by atoms with Crippen LogP contribution in [-0.2, 0) is 27.9 Å². The van der Waals surface area contributed by atoms with Gasteiger partial charge in [-0.2, -0.15) is 5.10 Å². The summed E-state index contributed by atoms with van der Waals surface area (Å²) >= 11 is 6.84. The average molecular weight is 640 g/mol. The minimum absolute atomic E-state index is 0.0210. The molecular weight excluding hydrogens is 616 g/mol. The van der Waals surface area contributed by atoms with Crippen LogP contribution in [0.25, 0.3) is 10.9 Å². The number of benzene rings is 2.